The van der Waals surface area contributed by atoms with E-state index >= 15 is 0 Å². The van der Waals surface area contributed by atoms with E-state index in [4.69, 9.17) is 0 Å². The standard InChI is InChI=1S/C30H37N3O5/c34-27(19-22(17-20-9-3-1-4-10-20)32-29(36)25-15-8-16-31-25)33-26(18-21-11-5-2-6-12-21)28(35)23-13-7-14-24(23)30(37)38/h1-6,9-12,22-26,31H,7-8,13-19H2,(H,32,36)(H,33,34)(H,37,38)/t22-,23?,24-,25-,26-/m0/s1. The van der Waals surface area contributed by atoms with Crippen molar-refractivity contribution in [3.05, 3.63) is 71.8 Å². The minimum atomic E-state index is -0.961. The number of nitrogens with one attached hydrogen (secondary N) is 3. The molecule has 8 heteroatoms. The zero-order chi connectivity index (χ0) is 26.9. The molecule has 2 amide bonds. The highest BCUT2D eigenvalue weighted by atomic mass is 16.4. The van der Waals surface area contributed by atoms with Crippen molar-refractivity contribution in [1.29, 1.82) is 0 Å². The monoisotopic (exact) mass is 519 g/mol. The summed E-state index contributed by atoms with van der Waals surface area (Å²) in [7, 11) is 0. The molecule has 0 spiro atoms. The number of carboxylic acid groups (broad SMARTS) is 1. The summed E-state index contributed by atoms with van der Waals surface area (Å²) in [5.41, 5.74) is 1.88. The van der Waals surface area contributed by atoms with Crippen molar-refractivity contribution in [2.75, 3.05) is 6.54 Å². The SMILES string of the molecule is O=C(C[C@H](Cc1ccccc1)NC(=O)[C@@H]1CCCN1)N[C@@H](Cc1ccccc1)C(=O)C1CCC[C@@H]1C(=O)O. The molecule has 2 aliphatic rings. The molecule has 5 atom stereocenters. The highest BCUT2D eigenvalue weighted by Gasteiger charge is 2.41. The van der Waals surface area contributed by atoms with Gasteiger partial charge in [-0.25, -0.2) is 0 Å². The topological polar surface area (TPSA) is 125 Å². The molecule has 1 saturated carbocycles. The number of carboxylic acids is 1. The molecule has 2 fully saturated rings. The molecule has 1 aliphatic carbocycles. The molecule has 4 rings (SSSR count). The number of amides is 2. The molecule has 0 aromatic heterocycles. The fourth-order valence-corrected chi connectivity index (χ4v) is 5.69. The van der Waals surface area contributed by atoms with Crippen molar-refractivity contribution in [2.24, 2.45) is 11.8 Å². The number of rotatable bonds is 12. The van der Waals surface area contributed by atoms with Crippen LogP contribution in [0.25, 0.3) is 0 Å². The predicted octanol–water partition coefficient (Wildman–Crippen LogP) is 2.65. The van der Waals surface area contributed by atoms with Gasteiger partial charge in [-0.15, -0.1) is 0 Å². The van der Waals surface area contributed by atoms with Crippen LogP contribution in [-0.4, -0.2) is 53.3 Å². The highest BCUT2D eigenvalue weighted by Crippen LogP contribution is 2.33. The lowest BCUT2D eigenvalue weighted by atomic mass is 9.86. The van der Waals surface area contributed by atoms with Crippen LogP contribution in [0.5, 0.6) is 0 Å². The van der Waals surface area contributed by atoms with Gasteiger partial charge >= 0.3 is 5.97 Å². The second kappa shape index (κ2) is 13.3. The zero-order valence-corrected chi connectivity index (χ0v) is 21.6. The highest BCUT2D eigenvalue weighted by molar-refractivity contribution is 5.94. The number of benzene rings is 2. The van der Waals surface area contributed by atoms with Gasteiger partial charge in [0.15, 0.2) is 5.78 Å². The van der Waals surface area contributed by atoms with E-state index < -0.39 is 29.9 Å². The lowest BCUT2D eigenvalue weighted by Crippen LogP contribution is -2.50. The number of Topliss-reactive ketones (excluding diaryl/α,β-unsaturated/α-hetero) is 1. The Kier molecular flexibility index (Phi) is 9.65. The molecule has 1 saturated heterocycles. The third-order valence-corrected chi connectivity index (χ3v) is 7.64. The third-order valence-electron chi connectivity index (χ3n) is 7.64. The van der Waals surface area contributed by atoms with Crippen molar-refractivity contribution in [3.8, 4) is 0 Å². The van der Waals surface area contributed by atoms with Crippen LogP contribution >= 0.6 is 0 Å². The van der Waals surface area contributed by atoms with Gasteiger partial charge in [-0.3, -0.25) is 19.2 Å². The first kappa shape index (κ1) is 27.5. The largest absolute Gasteiger partial charge is 0.481 e. The maximum atomic E-state index is 13.6. The predicted molar refractivity (Wildman–Crippen MR) is 143 cm³/mol. The van der Waals surface area contributed by atoms with Crippen molar-refractivity contribution in [2.45, 2.75) is 69.5 Å². The van der Waals surface area contributed by atoms with Crippen LogP contribution in [0, 0.1) is 11.8 Å². The molecule has 1 unspecified atom stereocenters. The van der Waals surface area contributed by atoms with Gasteiger partial charge in [0.05, 0.1) is 18.0 Å². The van der Waals surface area contributed by atoms with Gasteiger partial charge in [0, 0.05) is 18.4 Å². The summed E-state index contributed by atoms with van der Waals surface area (Å²) in [6, 6.07) is 17.5. The molecule has 202 valence electrons. The molecule has 38 heavy (non-hydrogen) atoms. The summed E-state index contributed by atoms with van der Waals surface area (Å²) in [5, 5.41) is 18.8. The molecular formula is C30H37N3O5. The number of aliphatic carboxylic acids is 1. The summed E-state index contributed by atoms with van der Waals surface area (Å²) >= 11 is 0. The summed E-state index contributed by atoms with van der Waals surface area (Å²) in [6.07, 6.45) is 4.14. The Labute approximate surface area is 223 Å². The van der Waals surface area contributed by atoms with Gasteiger partial charge in [0.2, 0.25) is 11.8 Å². The van der Waals surface area contributed by atoms with Gasteiger partial charge < -0.3 is 21.1 Å². The Morgan fingerprint density at radius 3 is 2.05 bits per heavy atom. The maximum absolute atomic E-state index is 13.6. The molecule has 0 radical (unpaired) electrons. The van der Waals surface area contributed by atoms with Crippen LogP contribution in [0.2, 0.25) is 0 Å². The van der Waals surface area contributed by atoms with E-state index in [1.54, 1.807) is 0 Å². The number of hydrogen-bond donors (Lipinski definition) is 4. The van der Waals surface area contributed by atoms with Crippen LogP contribution in [0.1, 0.15) is 49.7 Å². The van der Waals surface area contributed by atoms with Crippen LogP contribution in [0.4, 0.5) is 0 Å². The Morgan fingerprint density at radius 2 is 1.45 bits per heavy atom. The van der Waals surface area contributed by atoms with E-state index in [1.807, 2.05) is 60.7 Å². The number of carbonyl (C=O) groups excluding carboxylic acids is 3. The molecule has 8 nitrogen and oxygen atoms in total. The molecule has 2 aromatic rings. The van der Waals surface area contributed by atoms with Crippen LogP contribution in [0.3, 0.4) is 0 Å². The van der Waals surface area contributed by atoms with Crippen molar-refractivity contribution < 1.29 is 24.3 Å². The van der Waals surface area contributed by atoms with Crippen molar-refractivity contribution >= 4 is 23.6 Å². The number of hydrogen-bond acceptors (Lipinski definition) is 5. The summed E-state index contributed by atoms with van der Waals surface area (Å²) < 4.78 is 0. The smallest absolute Gasteiger partial charge is 0.307 e. The van der Waals surface area contributed by atoms with Gasteiger partial charge in [-0.1, -0.05) is 67.1 Å². The third kappa shape index (κ3) is 7.51. The van der Waals surface area contributed by atoms with Crippen molar-refractivity contribution in [1.82, 2.24) is 16.0 Å². The first-order chi connectivity index (χ1) is 18.4. The van der Waals surface area contributed by atoms with E-state index in [-0.39, 0.29) is 36.5 Å². The Hall–Kier alpha value is -3.52. The van der Waals surface area contributed by atoms with Crippen LogP contribution < -0.4 is 16.0 Å². The molecule has 0 bridgehead atoms. The number of ketones is 1. The minimum absolute atomic E-state index is 0.0128. The van der Waals surface area contributed by atoms with Gasteiger partial charge in [0.25, 0.3) is 0 Å². The Balaban J connectivity index is 1.48. The summed E-state index contributed by atoms with van der Waals surface area (Å²) in [4.78, 5) is 51.5. The lowest BCUT2D eigenvalue weighted by molar-refractivity contribution is -0.146. The fourth-order valence-electron chi connectivity index (χ4n) is 5.69. The lowest BCUT2D eigenvalue weighted by Gasteiger charge is -2.25. The van der Waals surface area contributed by atoms with E-state index in [1.165, 1.54) is 0 Å². The van der Waals surface area contributed by atoms with Crippen LogP contribution in [0.15, 0.2) is 60.7 Å². The summed E-state index contributed by atoms with van der Waals surface area (Å²) in [6.45, 7) is 0.795. The van der Waals surface area contributed by atoms with Gasteiger partial charge in [-0.05, 0) is 56.2 Å². The fraction of sp³-hybridized carbons (Fsp3) is 0.467. The number of carbonyl (C=O) groups is 4. The Morgan fingerprint density at radius 1 is 0.816 bits per heavy atom. The maximum Gasteiger partial charge on any atom is 0.307 e. The van der Waals surface area contributed by atoms with E-state index in [2.05, 4.69) is 16.0 Å². The first-order valence-corrected chi connectivity index (χ1v) is 13.6. The molecular weight excluding hydrogens is 482 g/mol. The van der Waals surface area contributed by atoms with Crippen LogP contribution in [-0.2, 0) is 32.0 Å². The van der Waals surface area contributed by atoms with Gasteiger partial charge in [0.1, 0.15) is 0 Å². The normalized spacial score (nSPS) is 22.4. The zero-order valence-electron chi connectivity index (χ0n) is 21.6. The molecule has 2 aromatic carbocycles. The average Bonchev–Trinajstić information content (AvgIpc) is 3.62. The van der Waals surface area contributed by atoms with Crippen molar-refractivity contribution in [3.63, 3.8) is 0 Å². The molecule has 1 aliphatic heterocycles. The second-order valence-electron chi connectivity index (χ2n) is 10.4. The van der Waals surface area contributed by atoms with E-state index in [0.29, 0.717) is 25.7 Å². The second-order valence-corrected chi connectivity index (χ2v) is 10.4. The molecule has 4 N–H and O–H groups in total. The van der Waals surface area contributed by atoms with E-state index in [0.717, 1.165) is 30.5 Å². The van der Waals surface area contributed by atoms with E-state index in [9.17, 15) is 24.3 Å². The van der Waals surface area contributed by atoms with Gasteiger partial charge in [-0.2, -0.15) is 0 Å². The first-order valence-electron chi connectivity index (χ1n) is 13.6. The average molecular weight is 520 g/mol. The quantitative estimate of drug-likeness (QED) is 0.342. The Bertz CT molecular complexity index is 1100. The summed E-state index contributed by atoms with van der Waals surface area (Å²) in [5.74, 6) is -2.99. The molecule has 1 heterocycles. The minimum Gasteiger partial charge on any atom is -0.481 e.